The van der Waals surface area contributed by atoms with Gasteiger partial charge in [0, 0.05) is 12.6 Å². The maximum Gasteiger partial charge on any atom is 0.00700 e. The molecule has 17 heavy (non-hydrogen) atoms. The van der Waals surface area contributed by atoms with Gasteiger partial charge >= 0.3 is 0 Å². The average Bonchev–Trinajstić information content (AvgIpc) is 2.75. The Balaban J connectivity index is 1.75. The van der Waals surface area contributed by atoms with Gasteiger partial charge in [-0.15, -0.1) is 0 Å². The molecule has 0 spiro atoms. The van der Waals surface area contributed by atoms with Crippen LogP contribution in [-0.4, -0.2) is 12.6 Å². The minimum Gasteiger partial charge on any atom is -0.313 e. The second kappa shape index (κ2) is 5.73. The maximum absolute atomic E-state index is 3.89. The van der Waals surface area contributed by atoms with E-state index in [0.717, 1.165) is 17.9 Å². The van der Waals surface area contributed by atoms with Gasteiger partial charge in [-0.05, 0) is 42.9 Å². The third-order valence-electron chi connectivity index (χ3n) is 5.29. The Morgan fingerprint density at radius 3 is 2.47 bits per heavy atom. The van der Waals surface area contributed by atoms with Crippen LogP contribution in [0.1, 0.15) is 72.1 Å². The Morgan fingerprint density at radius 1 is 1.12 bits per heavy atom. The molecule has 0 heterocycles. The topological polar surface area (TPSA) is 12.0 Å². The molecule has 100 valence electrons. The Bertz CT molecular complexity index is 228. The van der Waals surface area contributed by atoms with Crippen molar-refractivity contribution in [1.82, 2.24) is 5.32 Å². The highest BCUT2D eigenvalue weighted by Crippen LogP contribution is 2.37. The average molecular weight is 237 g/mol. The molecule has 0 bridgehead atoms. The summed E-state index contributed by atoms with van der Waals surface area (Å²) in [6, 6.07) is 0.813. The Labute approximate surface area is 108 Å². The fraction of sp³-hybridized carbons (Fsp3) is 1.00. The van der Waals surface area contributed by atoms with Gasteiger partial charge in [-0.3, -0.25) is 0 Å². The molecule has 2 rings (SSSR count). The molecule has 1 N–H and O–H groups in total. The molecule has 0 aromatic carbocycles. The highest BCUT2D eigenvalue weighted by Gasteiger charge is 2.30. The van der Waals surface area contributed by atoms with E-state index in [0.29, 0.717) is 5.41 Å². The first-order chi connectivity index (χ1) is 8.09. The fourth-order valence-corrected chi connectivity index (χ4v) is 3.81. The summed E-state index contributed by atoms with van der Waals surface area (Å²) in [6.45, 7) is 8.54. The predicted molar refractivity (Wildman–Crippen MR) is 75.2 cm³/mol. The monoisotopic (exact) mass is 237 g/mol. The molecular weight excluding hydrogens is 206 g/mol. The molecule has 0 aromatic heterocycles. The third kappa shape index (κ3) is 3.71. The molecule has 2 aliphatic carbocycles. The van der Waals surface area contributed by atoms with Gasteiger partial charge in [0.1, 0.15) is 0 Å². The van der Waals surface area contributed by atoms with Gasteiger partial charge in [-0.25, -0.2) is 0 Å². The van der Waals surface area contributed by atoms with E-state index in [-0.39, 0.29) is 0 Å². The van der Waals surface area contributed by atoms with E-state index < -0.39 is 0 Å². The molecule has 0 saturated heterocycles. The first-order valence-corrected chi connectivity index (χ1v) is 7.82. The van der Waals surface area contributed by atoms with E-state index in [1.165, 1.54) is 57.9 Å². The first-order valence-electron chi connectivity index (χ1n) is 7.82. The van der Waals surface area contributed by atoms with Crippen LogP contribution in [0.4, 0.5) is 0 Å². The van der Waals surface area contributed by atoms with Gasteiger partial charge in [0.05, 0.1) is 0 Å². The Kier molecular flexibility index (Phi) is 4.52. The van der Waals surface area contributed by atoms with E-state index in [1.807, 2.05) is 0 Å². The van der Waals surface area contributed by atoms with Crippen LogP contribution in [0.15, 0.2) is 0 Å². The normalized spacial score (nSPS) is 33.2. The van der Waals surface area contributed by atoms with Crippen LogP contribution >= 0.6 is 0 Å². The van der Waals surface area contributed by atoms with Crippen LogP contribution in [0, 0.1) is 17.3 Å². The number of rotatable bonds is 4. The zero-order valence-electron chi connectivity index (χ0n) is 12.1. The van der Waals surface area contributed by atoms with E-state index in [9.17, 15) is 0 Å². The van der Waals surface area contributed by atoms with Crippen LogP contribution in [0.25, 0.3) is 0 Å². The van der Waals surface area contributed by atoms with Gasteiger partial charge in [0.25, 0.3) is 0 Å². The zero-order valence-corrected chi connectivity index (χ0v) is 12.1. The van der Waals surface area contributed by atoms with Crippen LogP contribution < -0.4 is 5.32 Å². The quantitative estimate of drug-likeness (QED) is 0.765. The smallest absolute Gasteiger partial charge is 0.00700 e. The number of nitrogens with one attached hydrogen (secondary N) is 1. The summed E-state index contributed by atoms with van der Waals surface area (Å²) < 4.78 is 0. The van der Waals surface area contributed by atoms with Crippen molar-refractivity contribution in [2.75, 3.05) is 6.54 Å². The van der Waals surface area contributed by atoms with Crippen LogP contribution in [0.5, 0.6) is 0 Å². The van der Waals surface area contributed by atoms with Crippen molar-refractivity contribution in [2.45, 2.75) is 78.2 Å². The van der Waals surface area contributed by atoms with Gasteiger partial charge < -0.3 is 5.32 Å². The summed E-state index contributed by atoms with van der Waals surface area (Å²) in [5.41, 5.74) is 0.616. The SMILES string of the molecule is CC(C)C1CCCC(NCC2(C)CCCC2)C1. The van der Waals surface area contributed by atoms with Crippen molar-refractivity contribution in [3.63, 3.8) is 0 Å². The lowest BCUT2D eigenvalue weighted by molar-refractivity contribution is 0.209. The molecule has 2 unspecified atom stereocenters. The van der Waals surface area contributed by atoms with Crippen molar-refractivity contribution in [2.24, 2.45) is 17.3 Å². The number of hydrogen-bond acceptors (Lipinski definition) is 1. The molecule has 1 heteroatoms. The zero-order chi connectivity index (χ0) is 12.3. The van der Waals surface area contributed by atoms with Crippen molar-refractivity contribution in [3.05, 3.63) is 0 Å². The van der Waals surface area contributed by atoms with Crippen LogP contribution in [0.2, 0.25) is 0 Å². The Morgan fingerprint density at radius 2 is 1.82 bits per heavy atom. The molecule has 0 radical (unpaired) electrons. The second-order valence-corrected chi connectivity index (χ2v) is 7.27. The van der Waals surface area contributed by atoms with Crippen molar-refractivity contribution in [3.8, 4) is 0 Å². The van der Waals surface area contributed by atoms with Gasteiger partial charge in [0.15, 0.2) is 0 Å². The lowest BCUT2D eigenvalue weighted by Gasteiger charge is -2.34. The molecule has 2 atom stereocenters. The fourth-order valence-electron chi connectivity index (χ4n) is 3.81. The van der Waals surface area contributed by atoms with Crippen molar-refractivity contribution < 1.29 is 0 Å². The van der Waals surface area contributed by atoms with Gasteiger partial charge in [-0.2, -0.15) is 0 Å². The standard InChI is InChI=1S/C16H31N/c1-13(2)14-7-6-8-15(11-14)17-12-16(3)9-4-5-10-16/h13-15,17H,4-12H2,1-3H3. The lowest BCUT2D eigenvalue weighted by atomic mass is 9.79. The molecule has 0 aromatic rings. The highest BCUT2D eigenvalue weighted by atomic mass is 14.9. The molecule has 2 fully saturated rings. The van der Waals surface area contributed by atoms with Crippen LogP contribution in [0.3, 0.4) is 0 Å². The summed E-state index contributed by atoms with van der Waals surface area (Å²) in [5, 5.41) is 3.89. The molecule has 0 aliphatic heterocycles. The summed E-state index contributed by atoms with van der Waals surface area (Å²) in [7, 11) is 0. The summed E-state index contributed by atoms with van der Waals surface area (Å²) in [4.78, 5) is 0. The van der Waals surface area contributed by atoms with Gasteiger partial charge in [0.2, 0.25) is 0 Å². The Hall–Kier alpha value is -0.0400. The third-order valence-corrected chi connectivity index (χ3v) is 5.29. The van der Waals surface area contributed by atoms with E-state index in [2.05, 4.69) is 26.1 Å². The second-order valence-electron chi connectivity index (χ2n) is 7.27. The minimum atomic E-state index is 0.616. The van der Waals surface area contributed by atoms with Crippen molar-refractivity contribution >= 4 is 0 Å². The lowest BCUT2D eigenvalue weighted by Crippen LogP contribution is -2.40. The molecule has 0 amide bonds. The highest BCUT2D eigenvalue weighted by molar-refractivity contribution is 4.86. The maximum atomic E-state index is 3.89. The molecule has 1 nitrogen and oxygen atoms in total. The largest absolute Gasteiger partial charge is 0.313 e. The predicted octanol–water partition coefficient (Wildman–Crippen LogP) is 4.37. The summed E-state index contributed by atoms with van der Waals surface area (Å²) >= 11 is 0. The van der Waals surface area contributed by atoms with E-state index in [1.54, 1.807) is 0 Å². The van der Waals surface area contributed by atoms with Crippen LogP contribution in [-0.2, 0) is 0 Å². The summed E-state index contributed by atoms with van der Waals surface area (Å²) in [6.07, 6.45) is 11.5. The van der Waals surface area contributed by atoms with E-state index >= 15 is 0 Å². The molecular formula is C16H31N. The van der Waals surface area contributed by atoms with Crippen molar-refractivity contribution in [1.29, 1.82) is 0 Å². The minimum absolute atomic E-state index is 0.616. The first kappa shape index (κ1) is 13.4. The van der Waals surface area contributed by atoms with E-state index in [4.69, 9.17) is 0 Å². The number of hydrogen-bond donors (Lipinski definition) is 1. The van der Waals surface area contributed by atoms with Gasteiger partial charge in [-0.1, -0.05) is 46.5 Å². The molecule has 2 aliphatic rings. The summed E-state index contributed by atoms with van der Waals surface area (Å²) in [5.74, 6) is 1.85. The molecule has 2 saturated carbocycles.